The molecular weight excluding hydrogens is 488 g/mol. The fourth-order valence-corrected chi connectivity index (χ4v) is 5.80. The highest BCUT2D eigenvalue weighted by Crippen LogP contribution is 2.37. The van der Waals surface area contributed by atoms with Crippen molar-refractivity contribution >= 4 is 23.4 Å². The van der Waals surface area contributed by atoms with Gasteiger partial charge in [0.15, 0.2) is 0 Å². The molecule has 1 saturated heterocycles. The first-order valence-corrected chi connectivity index (χ1v) is 14.0. The Balaban J connectivity index is 1.65. The zero-order chi connectivity index (χ0) is 26.5. The molecule has 1 N–H and O–H groups in total. The van der Waals surface area contributed by atoms with Gasteiger partial charge in [-0.1, -0.05) is 44.7 Å². The third kappa shape index (κ3) is 6.25. The minimum Gasteiger partial charge on any atom is -0.496 e. The van der Waals surface area contributed by atoms with Gasteiger partial charge in [0, 0.05) is 23.0 Å². The van der Waals surface area contributed by atoms with Gasteiger partial charge < -0.3 is 15.0 Å². The highest BCUT2D eigenvalue weighted by Gasteiger charge is 2.39. The van der Waals surface area contributed by atoms with Crippen LogP contribution in [0.5, 0.6) is 5.75 Å². The summed E-state index contributed by atoms with van der Waals surface area (Å²) in [5, 5.41) is 3.76. The lowest BCUT2D eigenvalue weighted by atomic mass is 9.83. The molecule has 0 bridgehead atoms. The maximum atomic E-state index is 14.1. The molecule has 3 unspecified atom stereocenters. The van der Waals surface area contributed by atoms with Crippen molar-refractivity contribution in [1.82, 2.24) is 20.2 Å². The average Bonchev–Trinajstić information content (AvgIpc) is 3.41. The third-order valence-electron chi connectivity index (χ3n) is 7.92. The summed E-state index contributed by atoms with van der Waals surface area (Å²) in [7, 11) is 1.62. The number of rotatable bonds is 8. The number of aromatic nitrogens is 2. The summed E-state index contributed by atoms with van der Waals surface area (Å²) in [6, 6.07) is 6.75. The van der Waals surface area contributed by atoms with E-state index in [1.165, 1.54) is 6.42 Å². The second kappa shape index (κ2) is 12.2. The van der Waals surface area contributed by atoms with Crippen LogP contribution in [0.15, 0.2) is 24.3 Å². The zero-order valence-electron chi connectivity index (χ0n) is 22.4. The lowest BCUT2D eigenvalue weighted by molar-refractivity contribution is -0.140. The molecule has 1 saturated carbocycles. The smallest absolute Gasteiger partial charge is 0.246 e. The summed E-state index contributed by atoms with van der Waals surface area (Å²) in [6.07, 6.45) is 7.82. The standard InChI is InChI=1S/C29H39ClN4O3/c1-5-18(2)28(35)33-27(20-10-7-6-8-11-20)29(36)34-15-9-12-25(34)24-17-23(31-19(3)32-24)22-16-21(30)13-14-26(22)37-4/h13-14,16-18,20,25,27H,5-12,15H2,1-4H3,(H,33,35). The number of benzene rings is 1. The Kier molecular flexibility index (Phi) is 9.06. The fourth-order valence-electron chi connectivity index (χ4n) is 5.63. The lowest BCUT2D eigenvalue weighted by Crippen LogP contribution is -2.53. The van der Waals surface area contributed by atoms with E-state index in [2.05, 4.69) is 10.3 Å². The van der Waals surface area contributed by atoms with Crippen LogP contribution in [-0.2, 0) is 9.59 Å². The van der Waals surface area contributed by atoms with Crippen molar-refractivity contribution in [3.8, 4) is 17.0 Å². The SMILES string of the molecule is CCC(C)C(=O)NC(C(=O)N1CCCC1c1cc(-c2cc(Cl)ccc2OC)nc(C)n1)C1CCCCC1. The number of ether oxygens (including phenoxy) is 1. The second-order valence-corrected chi connectivity index (χ2v) is 10.9. The molecule has 2 aromatic rings. The van der Waals surface area contributed by atoms with Crippen molar-refractivity contribution in [2.75, 3.05) is 13.7 Å². The van der Waals surface area contributed by atoms with Gasteiger partial charge in [-0.3, -0.25) is 9.59 Å². The Hall–Kier alpha value is -2.67. The molecule has 8 heteroatoms. The Morgan fingerprint density at radius 1 is 1.14 bits per heavy atom. The highest BCUT2D eigenvalue weighted by molar-refractivity contribution is 6.31. The van der Waals surface area contributed by atoms with Crippen LogP contribution >= 0.6 is 11.6 Å². The molecule has 1 aromatic carbocycles. The van der Waals surface area contributed by atoms with Crippen molar-refractivity contribution in [1.29, 1.82) is 0 Å². The van der Waals surface area contributed by atoms with E-state index in [0.29, 0.717) is 23.1 Å². The van der Waals surface area contributed by atoms with Gasteiger partial charge in [-0.05, 0) is 69.2 Å². The van der Waals surface area contributed by atoms with E-state index >= 15 is 0 Å². The Morgan fingerprint density at radius 3 is 2.59 bits per heavy atom. The van der Waals surface area contributed by atoms with Crippen LogP contribution in [0, 0.1) is 18.8 Å². The second-order valence-electron chi connectivity index (χ2n) is 10.5. The number of nitrogens with zero attached hydrogens (tertiary/aromatic N) is 3. The number of carbonyl (C=O) groups excluding carboxylic acids is 2. The minimum absolute atomic E-state index is 0.0178. The molecule has 1 aliphatic heterocycles. The van der Waals surface area contributed by atoms with Crippen LogP contribution in [0.3, 0.4) is 0 Å². The predicted molar refractivity (Wildman–Crippen MR) is 145 cm³/mol. The molecule has 4 rings (SSSR count). The molecule has 1 aromatic heterocycles. The topological polar surface area (TPSA) is 84.4 Å². The number of nitrogens with one attached hydrogen (secondary N) is 1. The van der Waals surface area contributed by atoms with Crippen molar-refractivity contribution in [2.45, 2.75) is 84.2 Å². The molecule has 2 amide bonds. The van der Waals surface area contributed by atoms with Crippen LogP contribution in [0.2, 0.25) is 5.02 Å². The van der Waals surface area contributed by atoms with E-state index in [1.54, 1.807) is 13.2 Å². The molecule has 0 spiro atoms. The summed E-state index contributed by atoms with van der Waals surface area (Å²) in [6.45, 7) is 6.45. The van der Waals surface area contributed by atoms with Crippen molar-refractivity contribution in [3.63, 3.8) is 0 Å². The van der Waals surface area contributed by atoms with E-state index in [0.717, 1.165) is 61.9 Å². The Morgan fingerprint density at radius 2 is 1.89 bits per heavy atom. The molecule has 2 fully saturated rings. The summed E-state index contributed by atoms with van der Waals surface area (Å²) < 4.78 is 5.56. The van der Waals surface area contributed by atoms with E-state index in [1.807, 2.05) is 43.9 Å². The van der Waals surface area contributed by atoms with Gasteiger partial charge in [0.1, 0.15) is 17.6 Å². The number of hydrogen-bond acceptors (Lipinski definition) is 5. The molecule has 200 valence electrons. The minimum atomic E-state index is -0.488. The van der Waals surface area contributed by atoms with Gasteiger partial charge in [-0.2, -0.15) is 0 Å². The molecule has 3 atom stereocenters. The molecule has 7 nitrogen and oxygen atoms in total. The Bertz CT molecular complexity index is 1120. The van der Waals surface area contributed by atoms with Gasteiger partial charge in [-0.25, -0.2) is 9.97 Å². The first-order valence-electron chi connectivity index (χ1n) is 13.6. The number of aryl methyl sites for hydroxylation is 1. The van der Waals surface area contributed by atoms with Gasteiger partial charge in [0.2, 0.25) is 11.8 Å². The van der Waals surface area contributed by atoms with Crippen molar-refractivity contribution < 1.29 is 14.3 Å². The zero-order valence-corrected chi connectivity index (χ0v) is 23.2. The normalized spacial score (nSPS) is 19.9. The number of methoxy groups -OCH3 is 1. The van der Waals surface area contributed by atoms with Crippen LogP contribution in [-0.4, -0.2) is 46.4 Å². The van der Waals surface area contributed by atoms with Crippen LogP contribution in [0.25, 0.3) is 11.3 Å². The summed E-state index contributed by atoms with van der Waals surface area (Å²) in [5.41, 5.74) is 2.32. The van der Waals surface area contributed by atoms with E-state index in [-0.39, 0.29) is 29.7 Å². The van der Waals surface area contributed by atoms with Crippen molar-refractivity contribution in [2.24, 2.45) is 11.8 Å². The first-order chi connectivity index (χ1) is 17.8. The summed E-state index contributed by atoms with van der Waals surface area (Å²) in [5.74, 6) is 1.35. The maximum Gasteiger partial charge on any atom is 0.246 e. The van der Waals surface area contributed by atoms with Gasteiger partial charge in [-0.15, -0.1) is 0 Å². The summed E-state index contributed by atoms with van der Waals surface area (Å²) in [4.78, 5) is 38.4. The van der Waals surface area contributed by atoms with E-state index in [9.17, 15) is 9.59 Å². The molecule has 0 radical (unpaired) electrons. The number of halogens is 1. The van der Waals surface area contributed by atoms with Gasteiger partial charge >= 0.3 is 0 Å². The van der Waals surface area contributed by atoms with Crippen LogP contribution in [0.1, 0.15) is 82.8 Å². The molecule has 2 heterocycles. The Labute approximate surface area is 225 Å². The van der Waals surface area contributed by atoms with Crippen LogP contribution < -0.4 is 10.1 Å². The molecular formula is C29H39ClN4O3. The van der Waals surface area contributed by atoms with Crippen LogP contribution in [0.4, 0.5) is 0 Å². The van der Waals surface area contributed by atoms with E-state index in [4.69, 9.17) is 21.3 Å². The maximum absolute atomic E-state index is 14.1. The first kappa shape index (κ1) is 27.4. The summed E-state index contributed by atoms with van der Waals surface area (Å²) >= 11 is 6.29. The average molecular weight is 527 g/mol. The quantitative estimate of drug-likeness (QED) is 0.463. The lowest BCUT2D eigenvalue weighted by Gasteiger charge is -2.35. The predicted octanol–water partition coefficient (Wildman–Crippen LogP) is 5.89. The van der Waals surface area contributed by atoms with E-state index < -0.39 is 6.04 Å². The third-order valence-corrected chi connectivity index (χ3v) is 8.15. The number of hydrogen-bond donors (Lipinski definition) is 1. The van der Waals surface area contributed by atoms with Crippen molar-refractivity contribution in [3.05, 3.63) is 40.8 Å². The highest BCUT2D eigenvalue weighted by atomic mass is 35.5. The monoisotopic (exact) mass is 526 g/mol. The van der Waals surface area contributed by atoms with Gasteiger partial charge in [0.05, 0.1) is 24.5 Å². The fraction of sp³-hybridized carbons (Fsp3) is 0.586. The number of likely N-dealkylation sites (tertiary alicyclic amines) is 1. The largest absolute Gasteiger partial charge is 0.496 e. The van der Waals surface area contributed by atoms with Gasteiger partial charge in [0.25, 0.3) is 0 Å². The number of carbonyl (C=O) groups is 2. The molecule has 37 heavy (non-hydrogen) atoms. The molecule has 2 aliphatic rings. The number of amides is 2. The molecule has 1 aliphatic carbocycles.